The fourth-order valence-electron chi connectivity index (χ4n) is 1.13. The Kier molecular flexibility index (Phi) is 3.75. The van der Waals surface area contributed by atoms with Crippen LogP contribution >= 0.6 is 0 Å². The van der Waals surface area contributed by atoms with Gasteiger partial charge in [0.2, 0.25) is 0 Å². The van der Waals surface area contributed by atoms with E-state index in [4.69, 9.17) is 4.55 Å². The molecule has 0 heterocycles. The number of nitroso groups, excluding NO2 is 1. The Morgan fingerprint density at radius 3 is 2.60 bits per heavy atom. The number of anilines is 1. The number of benzene rings is 1. The average molecular weight is 230 g/mol. The largest absolute Gasteiger partial charge is 0.505 e. The van der Waals surface area contributed by atoms with Gasteiger partial charge in [0.05, 0.1) is 5.69 Å². The Morgan fingerprint density at radius 1 is 1.53 bits per heavy atom. The summed E-state index contributed by atoms with van der Waals surface area (Å²) in [7, 11) is 0. The van der Waals surface area contributed by atoms with Crippen LogP contribution in [0.25, 0.3) is 0 Å². The van der Waals surface area contributed by atoms with Crippen LogP contribution in [0.1, 0.15) is 6.92 Å². The Balaban J connectivity index is 3.10. The van der Waals surface area contributed by atoms with Gasteiger partial charge >= 0.3 is 0 Å². The van der Waals surface area contributed by atoms with Gasteiger partial charge in [-0.25, -0.2) is 4.21 Å². The van der Waals surface area contributed by atoms with Crippen LogP contribution < -0.4 is 4.31 Å². The van der Waals surface area contributed by atoms with Crippen molar-refractivity contribution in [3.63, 3.8) is 0 Å². The minimum Gasteiger partial charge on any atom is -0.505 e. The molecule has 0 fully saturated rings. The Bertz CT molecular complexity index is 396. The van der Waals surface area contributed by atoms with Gasteiger partial charge in [0.1, 0.15) is 11.4 Å². The molecule has 0 spiro atoms. The van der Waals surface area contributed by atoms with Crippen molar-refractivity contribution in [2.45, 2.75) is 6.92 Å². The van der Waals surface area contributed by atoms with Crippen LogP contribution in [0.4, 0.5) is 11.4 Å². The summed E-state index contributed by atoms with van der Waals surface area (Å²) < 4.78 is 20.9. The number of hydrogen-bond donors (Lipinski definition) is 2. The Labute approximate surface area is 88.9 Å². The highest BCUT2D eigenvalue weighted by Crippen LogP contribution is 2.30. The van der Waals surface area contributed by atoms with Gasteiger partial charge < -0.3 is 5.11 Å². The molecule has 1 aromatic carbocycles. The first-order valence-electron chi connectivity index (χ1n) is 4.15. The van der Waals surface area contributed by atoms with E-state index < -0.39 is 11.3 Å². The topological polar surface area (TPSA) is 90.2 Å². The summed E-state index contributed by atoms with van der Waals surface area (Å²) in [6.07, 6.45) is 0. The summed E-state index contributed by atoms with van der Waals surface area (Å²) in [5, 5.41) is 11.9. The van der Waals surface area contributed by atoms with Crippen molar-refractivity contribution in [1.29, 1.82) is 0 Å². The molecule has 1 atom stereocenters. The van der Waals surface area contributed by atoms with Gasteiger partial charge in [-0.15, -0.1) is 4.91 Å². The summed E-state index contributed by atoms with van der Waals surface area (Å²) in [4.78, 5) is 10.2. The summed E-state index contributed by atoms with van der Waals surface area (Å²) >= 11 is -2.16. The highest BCUT2D eigenvalue weighted by atomic mass is 32.2. The zero-order chi connectivity index (χ0) is 11.4. The number of phenolic OH excluding ortho intramolecular Hbond substituents is 1. The molecule has 1 unspecified atom stereocenters. The van der Waals surface area contributed by atoms with Crippen LogP contribution in [0.3, 0.4) is 0 Å². The van der Waals surface area contributed by atoms with E-state index in [1.54, 1.807) is 6.92 Å². The third kappa shape index (κ3) is 2.51. The number of phenols is 1. The number of rotatable bonds is 4. The maximum Gasteiger partial charge on any atom is 0.261 e. The zero-order valence-electron chi connectivity index (χ0n) is 7.95. The molecule has 2 N–H and O–H groups in total. The van der Waals surface area contributed by atoms with E-state index in [0.717, 1.165) is 4.31 Å². The van der Waals surface area contributed by atoms with E-state index in [2.05, 4.69) is 5.18 Å². The lowest BCUT2D eigenvalue weighted by Crippen LogP contribution is -2.24. The predicted molar refractivity (Wildman–Crippen MR) is 57.4 cm³/mol. The molecule has 15 heavy (non-hydrogen) atoms. The van der Waals surface area contributed by atoms with Crippen LogP contribution in [0.2, 0.25) is 0 Å². The Morgan fingerprint density at radius 2 is 2.20 bits per heavy atom. The Hall–Kier alpha value is -1.47. The minimum atomic E-state index is -2.16. The van der Waals surface area contributed by atoms with E-state index in [1.165, 1.54) is 18.2 Å². The van der Waals surface area contributed by atoms with Gasteiger partial charge in [-0.2, -0.15) is 0 Å². The van der Waals surface area contributed by atoms with Gasteiger partial charge in [-0.3, -0.25) is 8.86 Å². The zero-order valence-corrected chi connectivity index (χ0v) is 8.77. The number of aromatic hydroxyl groups is 1. The molecule has 0 bridgehead atoms. The van der Waals surface area contributed by atoms with Crippen molar-refractivity contribution in [2.75, 3.05) is 10.8 Å². The molecule has 0 aliphatic rings. The van der Waals surface area contributed by atoms with E-state index in [9.17, 15) is 14.2 Å². The normalized spacial score (nSPS) is 12.1. The van der Waals surface area contributed by atoms with E-state index in [1.807, 2.05) is 0 Å². The monoisotopic (exact) mass is 230 g/mol. The maximum atomic E-state index is 10.9. The summed E-state index contributed by atoms with van der Waals surface area (Å²) in [5.74, 6) is -0.314. The fraction of sp³-hybridized carbons (Fsp3) is 0.250. The van der Waals surface area contributed by atoms with Gasteiger partial charge in [-0.05, 0) is 24.2 Å². The lowest BCUT2D eigenvalue weighted by molar-refractivity contribution is 0.477. The molecule has 1 aromatic rings. The third-order valence-corrected chi connectivity index (χ3v) is 2.67. The third-order valence-electron chi connectivity index (χ3n) is 1.82. The molecule has 0 aliphatic heterocycles. The molecule has 6 nitrogen and oxygen atoms in total. The van der Waals surface area contributed by atoms with Crippen molar-refractivity contribution in [1.82, 2.24) is 0 Å². The lowest BCUT2D eigenvalue weighted by atomic mass is 10.2. The van der Waals surface area contributed by atoms with Crippen LogP contribution in [0.15, 0.2) is 23.4 Å². The van der Waals surface area contributed by atoms with Gasteiger partial charge in [0.25, 0.3) is 11.3 Å². The number of nitrogens with zero attached hydrogens (tertiary/aromatic N) is 2. The standard InChI is InChI=1S/C8H10N2O4S/c1-2-10(15(13)14)6-3-4-7(9-12)8(11)5-6/h3-5,11H,2H2,1H3,(H,13,14). The smallest absolute Gasteiger partial charge is 0.261 e. The first kappa shape index (κ1) is 11.6. The van der Waals surface area contributed by atoms with Gasteiger partial charge in [-0.1, -0.05) is 0 Å². The van der Waals surface area contributed by atoms with Crippen molar-refractivity contribution >= 4 is 22.6 Å². The van der Waals surface area contributed by atoms with Crippen molar-refractivity contribution in [3.05, 3.63) is 23.1 Å². The minimum absolute atomic E-state index is 0.0986. The number of hydrogen-bond acceptors (Lipinski definition) is 4. The summed E-state index contributed by atoms with van der Waals surface area (Å²) in [6.45, 7) is 1.99. The molecule has 0 amide bonds. The average Bonchev–Trinajstić information content (AvgIpc) is 2.18. The van der Waals surface area contributed by atoms with E-state index in [0.29, 0.717) is 12.2 Å². The highest BCUT2D eigenvalue weighted by molar-refractivity contribution is 7.80. The summed E-state index contributed by atoms with van der Waals surface area (Å²) in [5.41, 5.74) is 0.252. The molecule has 0 saturated heterocycles. The molecule has 0 radical (unpaired) electrons. The first-order chi connectivity index (χ1) is 7.10. The van der Waals surface area contributed by atoms with E-state index in [-0.39, 0.29) is 11.4 Å². The van der Waals surface area contributed by atoms with Crippen LogP contribution in [0, 0.1) is 4.91 Å². The molecule has 1 rings (SSSR count). The van der Waals surface area contributed by atoms with E-state index >= 15 is 0 Å². The molecule has 82 valence electrons. The predicted octanol–water partition coefficient (Wildman–Crippen LogP) is 1.75. The molecular weight excluding hydrogens is 220 g/mol. The lowest BCUT2D eigenvalue weighted by Gasteiger charge is -2.17. The molecular formula is C8H10N2O4S. The second kappa shape index (κ2) is 4.85. The second-order valence-corrected chi connectivity index (χ2v) is 3.59. The quantitative estimate of drug-likeness (QED) is 0.609. The van der Waals surface area contributed by atoms with Crippen molar-refractivity contribution < 1.29 is 13.9 Å². The summed E-state index contributed by atoms with van der Waals surface area (Å²) in [6, 6.07) is 3.94. The molecule has 0 saturated carbocycles. The maximum absolute atomic E-state index is 10.9. The highest BCUT2D eigenvalue weighted by Gasteiger charge is 2.12. The fourth-order valence-corrected chi connectivity index (χ4v) is 1.64. The van der Waals surface area contributed by atoms with Crippen LogP contribution in [0.5, 0.6) is 5.75 Å². The molecule has 7 heteroatoms. The van der Waals surface area contributed by atoms with Crippen LogP contribution in [-0.4, -0.2) is 20.4 Å². The van der Waals surface area contributed by atoms with Crippen molar-refractivity contribution in [2.24, 2.45) is 5.18 Å². The molecule has 0 aromatic heterocycles. The SMILES string of the molecule is CCN(c1ccc(N=O)c(O)c1)S(=O)O. The first-order valence-corrected chi connectivity index (χ1v) is 5.21. The second-order valence-electron chi connectivity index (χ2n) is 2.69. The molecule has 0 aliphatic carbocycles. The van der Waals surface area contributed by atoms with Crippen molar-refractivity contribution in [3.8, 4) is 5.75 Å². The van der Waals surface area contributed by atoms with Gasteiger partial charge in [0, 0.05) is 12.6 Å². The van der Waals surface area contributed by atoms with Crippen LogP contribution in [-0.2, 0) is 11.3 Å². The van der Waals surface area contributed by atoms with Gasteiger partial charge in [0.15, 0.2) is 0 Å².